The summed E-state index contributed by atoms with van der Waals surface area (Å²) in [5.74, 6) is 1.62. The molecule has 0 aliphatic carbocycles. The lowest BCUT2D eigenvalue weighted by Gasteiger charge is -2.20. The largest absolute Gasteiger partial charge is 0.359 e. The predicted molar refractivity (Wildman–Crippen MR) is 67.1 cm³/mol. The van der Waals surface area contributed by atoms with Crippen LogP contribution in [0.5, 0.6) is 0 Å². The van der Waals surface area contributed by atoms with Crippen LogP contribution in [0.2, 0.25) is 0 Å². The van der Waals surface area contributed by atoms with Gasteiger partial charge in [0.2, 0.25) is 0 Å². The van der Waals surface area contributed by atoms with Crippen molar-refractivity contribution in [2.24, 2.45) is 5.73 Å². The summed E-state index contributed by atoms with van der Waals surface area (Å²) in [5, 5.41) is 4.18. The summed E-state index contributed by atoms with van der Waals surface area (Å²) < 4.78 is 1.74. The molecule has 2 N–H and O–H groups in total. The second-order valence-corrected chi connectivity index (χ2v) is 4.42. The van der Waals surface area contributed by atoms with E-state index in [9.17, 15) is 0 Å². The van der Waals surface area contributed by atoms with Crippen molar-refractivity contribution < 1.29 is 0 Å². The van der Waals surface area contributed by atoms with Crippen LogP contribution >= 0.6 is 0 Å². The molecule has 17 heavy (non-hydrogen) atoms. The quantitative estimate of drug-likeness (QED) is 0.839. The number of nitrogens with zero attached hydrogens (tertiary/aromatic N) is 5. The summed E-state index contributed by atoms with van der Waals surface area (Å²) in [6.45, 7) is 4.85. The number of aromatic nitrogens is 4. The van der Waals surface area contributed by atoms with Crippen molar-refractivity contribution >= 4 is 11.6 Å². The molecule has 0 spiro atoms. The molecule has 92 valence electrons. The van der Waals surface area contributed by atoms with Gasteiger partial charge in [-0.3, -0.25) is 0 Å². The first-order chi connectivity index (χ1) is 8.08. The molecule has 1 unspecified atom stereocenters. The highest BCUT2D eigenvalue weighted by Crippen LogP contribution is 2.14. The molecule has 0 fully saturated rings. The van der Waals surface area contributed by atoms with Crippen LogP contribution in [0.15, 0.2) is 12.4 Å². The summed E-state index contributed by atoms with van der Waals surface area (Å²) >= 11 is 0. The average molecular weight is 234 g/mol. The van der Waals surface area contributed by atoms with Gasteiger partial charge in [-0.15, -0.1) is 0 Å². The van der Waals surface area contributed by atoms with Crippen LogP contribution in [-0.4, -0.2) is 39.2 Å². The lowest BCUT2D eigenvalue weighted by molar-refractivity contribution is 0.652. The third-order valence-corrected chi connectivity index (χ3v) is 2.67. The van der Waals surface area contributed by atoms with Gasteiger partial charge in [0.25, 0.3) is 5.78 Å². The lowest BCUT2D eigenvalue weighted by atomic mass is 10.2. The molecule has 0 saturated carbocycles. The van der Waals surface area contributed by atoms with Gasteiger partial charge in [0.05, 0.1) is 0 Å². The summed E-state index contributed by atoms with van der Waals surface area (Å²) in [6.07, 6.45) is 2.46. The second kappa shape index (κ2) is 4.67. The Morgan fingerprint density at radius 2 is 2.29 bits per heavy atom. The fourth-order valence-electron chi connectivity index (χ4n) is 1.69. The average Bonchev–Trinajstić information content (AvgIpc) is 2.72. The molecule has 1 atom stereocenters. The molecule has 0 radical (unpaired) electrons. The van der Waals surface area contributed by atoms with Gasteiger partial charge in [-0.25, -0.2) is 4.98 Å². The summed E-state index contributed by atoms with van der Waals surface area (Å²) in [5.41, 5.74) is 6.71. The smallest absolute Gasteiger partial charge is 0.254 e. The van der Waals surface area contributed by atoms with Gasteiger partial charge < -0.3 is 10.6 Å². The Labute approximate surface area is 100 Å². The summed E-state index contributed by atoms with van der Waals surface area (Å²) in [4.78, 5) is 10.5. The van der Waals surface area contributed by atoms with E-state index in [0.717, 1.165) is 24.5 Å². The first-order valence-corrected chi connectivity index (χ1v) is 5.72. The van der Waals surface area contributed by atoms with Crippen molar-refractivity contribution in [3.8, 4) is 0 Å². The van der Waals surface area contributed by atoms with Crippen LogP contribution in [0.3, 0.4) is 0 Å². The lowest BCUT2D eigenvalue weighted by Crippen LogP contribution is -2.27. The van der Waals surface area contributed by atoms with Gasteiger partial charge in [-0.05, 0) is 20.3 Å². The SMILES string of the molecule is Cc1cc(N(C)CCC(C)N)n2ncnc2n1. The second-order valence-electron chi connectivity index (χ2n) is 4.42. The molecule has 0 amide bonds. The van der Waals surface area contributed by atoms with Crippen LogP contribution in [0.25, 0.3) is 5.78 Å². The van der Waals surface area contributed by atoms with Crippen molar-refractivity contribution in [2.75, 3.05) is 18.5 Å². The maximum atomic E-state index is 5.77. The van der Waals surface area contributed by atoms with E-state index in [2.05, 4.69) is 20.0 Å². The Kier molecular flexibility index (Phi) is 3.23. The van der Waals surface area contributed by atoms with Crippen molar-refractivity contribution in [1.82, 2.24) is 19.6 Å². The third-order valence-electron chi connectivity index (χ3n) is 2.67. The molecule has 0 aliphatic heterocycles. The van der Waals surface area contributed by atoms with E-state index >= 15 is 0 Å². The minimum Gasteiger partial charge on any atom is -0.359 e. The van der Waals surface area contributed by atoms with E-state index in [1.54, 1.807) is 4.52 Å². The van der Waals surface area contributed by atoms with E-state index in [1.807, 2.05) is 27.0 Å². The van der Waals surface area contributed by atoms with Crippen LogP contribution in [-0.2, 0) is 0 Å². The van der Waals surface area contributed by atoms with Crippen LogP contribution in [0.4, 0.5) is 5.82 Å². The van der Waals surface area contributed by atoms with Crippen molar-refractivity contribution in [2.45, 2.75) is 26.3 Å². The Bertz CT molecular complexity index is 504. The normalized spacial score (nSPS) is 12.9. The van der Waals surface area contributed by atoms with Gasteiger partial charge in [-0.2, -0.15) is 14.6 Å². The standard InChI is InChI=1S/C11H18N6/c1-8(12)4-5-16(3)10-6-9(2)15-11-13-7-14-17(10)11/h6-8H,4-5,12H2,1-3H3. The highest BCUT2D eigenvalue weighted by Gasteiger charge is 2.10. The van der Waals surface area contributed by atoms with Gasteiger partial charge in [-0.1, -0.05) is 0 Å². The first-order valence-electron chi connectivity index (χ1n) is 5.72. The van der Waals surface area contributed by atoms with E-state index in [-0.39, 0.29) is 6.04 Å². The summed E-state index contributed by atoms with van der Waals surface area (Å²) in [7, 11) is 2.03. The topological polar surface area (TPSA) is 72.3 Å². The molecular formula is C11H18N6. The molecule has 0 saturated heterocycles. The molecule has 6 heteroatoms. The number of rotatable bonds is 4. The summed E-state index contributed by atoms with van der Waals surface area (Å²) in [6, 6.07) is 2.20. The monoisotopic (exact) mass is 234 g/mol. The predicted octanol–water partition coefficient (Wildman–Crippen LogP) is 0.606. The molecule has 2 aromatic heterocycles. The molecule has 2 aromatic rings. The number of anilines is 1. The van der Waals surface area contributed by atoms with Gasteiger partial charge in [0.1, 0.15) is 12.1 Å². The minimum atomic E-state index is 0.201. The van der Waals surface area contributed by atoms with Crippen molar-refractivity contribution in [3.63, 3.8) is 0 Å². The Balaban J connectivity index is 2.30. The molecule has 0 aliphatic rings. The fraction of sp³-hybridized carbons (Fsp3) is 0.545. The maximum Gasteiger partial charge on any atom is 0.254 e. The van der Waals surface area contributed by atoms with Gasteiger partial charge in [0, 0.05) is 31.4 Å². The molecule has 6 nitrogen and oxygen atoms in total. The zero-order valence-corrected chi connectivity index (χ0v) is 10.5. The Morgan fingerprint density at radius 1 is 1.53 bits per heavy atom. The number of fused-ring (bicyclic) bond motifs is 1. The van der Waals surface area contributed by atoms with Gasteiger partial charge >= 0.3 is 0 Å². The highest BCUT2D eigenvalue weighted by atomic mass is 15.4. The molecule has 2 heterocycles. The van der Waals surface area contributed by atoms with Crippen molar-refractivity contribution in [3.05, 3.63) is 18.1 Å². The molecule has 0 aromatic carbocycles. The molecule has 0 bridgehead atoms. The number of aryl methyl sites for hydroxylation is 1. The van der Waals surface area contributed by atoms with Crippen LogP contribution < -0.4 is 10.6 Å². The van der Waals surface area contributed by atoms with Crippen LogP contribution in [0.1, 0.15) is 19.0 Å². The number of nitrogens with two attached hydrogens (primary N) is 1. The Hall–Kier alpha value is -1.69. The highest BCUT2D eigenvalue weighted by molar-refractivity contribution is 5.46. The fourth-order valence-corrected chi connectivity index (χ4v) is 1.69. The molecular weight excluding hydrogens is 216 g/mol. The first kappa shape index (κ1) is 11.8. The van der Waals surface area contributed by atoms with E-state index in [1.165, 1.54) is 6.33 Å². The van der Waals surface area contributed by atoms with Crippen LogP contribution in [0, 0.1) is 6.92 Å². The zero-order valence-electron chi connectivity index (χ0n) is 10.5. The third kappa shape index (κ3) is 2.52. The molecule has 2 rings (SSSR count). The van der Waals surface area contributed by atoms with Crippen molar-refractivity contribution in [1.29, 1.82) is 0 Å². The zero-order chi connectivity index (χ0) is 12.4. The van der Waals surface area contributed by atoms with E-state index in [0.29, 0.717) is 5.78 Å². The number of hydrogen-bond donors (Lipinski definition) is 1. The Morgan fingerprint density at radius 3 is 3.00 bits per heavy atom. The maximum absolute atomic E-state index is 5.77. The van der Waals surface area contributed by atoms with E-state index < -0.39 is 0 Å². The van der Waals surface area contributed by atoms with E-state index in [4.69, 9.17) is 5.73 Å². The van der Waals surface area contributed by atoms with Gasteiger partial charge in [0.15, 0.2) is 0 Å². The number of hydrogen-bond acceptors (Lipinski definition) is 5. The minimum absolute atomic E-state index is 0.201.